The van der Waals surface area contributed by atoms with Gasteiger partial charge < -0.3 is 19.4 Å². The summed E-state index contributed by atoms with van der Waals surface area (Å²) in [6.45, 7) is 7.68. The van der Waals surface area contributed by atoms with E-state index in [4.69, 9.17) is 26.0 Å². The molecule has 34 heavy (non-hydrogen) atoms. The highest BCUT2D eigenvalue weighted by molar-refractivity contribution is 6.01. The van der Waals surface area contributed by atoms with Crippen molar-refractivity contribution in [3.63, 3.8) is 0 Å². The predicted molar refractivity (Wildman–Crippen MR) is 127 cm³/mol. The van der Waals surface area contributed by atoms with Gasteiger partial charge in [0.15, 0.2) is 5.69 Å². The Kier molecular flexibility index (Phi) is 7.09. The molecule has 0 aromatic heterocycles. The molecular formula is C27H24N2O5. The van der Waals surface area contributed by atoms with Crippen LogP contribution in [0.2, 0.25) is 0 Å². The first-order valence-electron chi connectivity index (χ1n) is 10.8. The topological polar surface area (TPSA) is 81.7 Å². The standard InChI is InChI=1S/C27H24N2O5/c1-28-21-9-5-20(6-10-21)26(29-32-2)17-34-22-11-3-18(4-12-22)16-33-23-13-7-19(8-14-23)24-15-25(24)27(30)31/h3-14,24-25H,15-17H2,2H3,(H,30,31)/b29-26-/t24-,25+/m1/s1. The average molecular weight is 456 g/mol. The molecule has 0 aliphatic heterocycles. The molecule has 172 valence electrons. The summed E-state index contributed by atoms with van der Waals surface area (Å²) in [5.41, 5.74) is 4.04. The van der Waals surface area contributed by atoms with Gasteiger partial charge >= 0.3 is 5.97 Å². The van der Waals surface area contributed by atoms with E-state index in [2.05, 4.69) is 10.0 Å². The molecule has 0 amide bonds. The van der Waals surface area contributed by atoms with E-state index >= 15 is 0 Å². The normalized spacial score (nSPS) is 16.9. The number of rotatable bonds is 10. The van der Waals surface area contributed by atoms with E-state index in [1.54, 1.807) is 12.1 Å². The number of carbonyl (C=O) groups is 1. The third-order valence-corrected chi connectivity index (χ3v) is 5.65. The Morgan fingerprint density at radius 1 is 1.00 bits per heavy atom. The number of aliphatic carboxylic acids is 1. The summed E-state index contributed by atoms with van der Waals surface area (Å²) in [6.07, 6.45) is 0.706. The van der Waals surface area contributed by atoms with Crippen LogP contribution in [0.1, 0.15) is 29.0 Å². The minimum Gasteiger partial charge on any atom is -0.489 e. The second-order valence-electron chi connectivity index (χ2n) is 7.96. The van der Waals surface area contributed by atoms with Gasteiger partial charge in [0.2, 0.25) is 0 Å². The molecule has 0 unspecified atom stereocenters. The summed E-state index contributed by atoms with van der Waals surface area (Å²) in [5, 5.41) is 13.1. The summed E-state index contributed by atoms with van der Waals surface area (Å²) in [6, 6.07) is 22.3. The second kappa shape index (κ2) is 10.5. The van der Waals surface area contributed by atoms with Crippen molar-refractivity contribution in [1.29, 1.82) is 0 Å². The van der Waals surface area contributed by atoms with Gasteiger partial charge in [-0.2, -0.15) is 0 Å². The zero-order valence-corrected chi connectivity index (χ0v) is 18.7. The molecule has 7 nitrogen and oxygen atoms in total. The van der Waals surface area contributed by atoms with Crippen LogP contribution in [0, 0.1) is 12.5 Å². The van der Waals surface area contributed by atoms with Crippen LogP contribution in [0.15, 0.2) is 78.0 Å². The molecule has 1 saturated carbocycles. The van der Waals surface area contributed by atoms with Crippen molar-refractivity contribution < 1.29 is 24.2 Å². The van der Waals surface area contributed by atoms with Crippen LogP contribution < -0.4 is 9.47 Å². The van der Waals surface area contributed by atoms with Gasteiger partial charge in [0.25, 0.3) is 0 Å². The number of nitrogens with zero attached hydrogens (tertiary/aromatic N) is 2. The fourth-order valence-electron chi connectivity index (χ4n) is 3.65. The van der Waals surface area contributed by atoms with Crippen molar-refractivity contribution in [3.05, 3.63) is 101 Å². The molecule has 0 heterocycles. The van der Waals surface area contributed by atoms with Gasteiger partial charge in [-0.15, -0.1) is 0 Å². The molecule has 4 rings (SSSR count). The fraction of sp³-hybridized carbons (Fsp3) is 0.222. The number of oxime groups is 1. The molecule has 1 N–H and O–H groups in total. The Morgan fingerprint density at radius 2 is 1.65 bits per heavy atom. The third kappa shape index (κ3) is 5.73. The maximum atomic E-state index is 11.0. The molecule has 1 aliphatic carbocycles. The maximum absolute atomic E-state index is 11.0. The van der Waals surface area contributed by atoms with Gasteiger partial charge in [-0.25, -0.2) is 4.85 Å². The van der Waals surface area contributed by atoms with Crippen molar-refractivity contribution in [1.82, 2.24) is 0 Å². The van der Waals surface area contributed by atoms with Crippen LogP contribution in [0.3, 0.4) is 0 Å². The molecule has 0 radical (unpaired) electrons. The van der Waals surface area contributed by atoms with Crippen LogP contribution in [-0.2, 0) is 16.2 Å². The first-order chi connectivity index (χ1) is 16.6. The molecule has 3 aromatic carbocycles. The summed E-state index contributed by atoms with van der Waals surface area (Å²) >= 11 is 0. The lowest BCUT2D eigenvalue weighted by molar-refractivity contribution is -0.138. The Morgan fingerprint density at radius 3 is 2.24 bits per heavy atom. The fourth-order valence-corrected chi connectivity index (χ4v) is 3.65. The van der Waals surface area contributed by atoms with Gasteiger partial charge in [-0.05, 0) is 47.7 Å². The maximum Gasteiger partial charge on any atom is 0.307 e. The Hall–Kier alpha value is -4.31. The van der Waals surface area contributed by atoms with Gasteiger partial charge in [0.05, 0.1) is 12.5 Å². The molecule has 1 aliphatic rings. The molecule has 0 bridgehead atoms. The molecule has 3 aromatic rings. The number of benzene rings is 3. The molecule has 1 fully saturated rings. The monoisotopic (exact) mass is 456 g/mol. The van der Waals surface area contributed by atoms with Crippen molar-refractivity contribution >= 4 is 17.4 Å². The largest absolute Gasteiger partial charge is 0.489 e. The highest BCUT2D eigenvalue weighted by Crippen LogP contribution is 2.47. The summed E-state index contributed by atoms with van der Waals surface area (Å²) in [5.74, 6) is 0.560. The molecule has 7 heteroatoms. The van der Waals surface area contributed by atoms with Crippen LogP contribution in [0.25, 0.3) is 4.85 Å². The van der Waals surface area contributed by atoms with Crippen LogP contribution >= 0.6 is 0 Å². The Balaban J connectivity index is 1.28. The third-order valence-electron chi connectivity index (χ3n) is 5.65. The van der Waals surface area contributed by atoms with E-state index in [-0.39, 0.29) is 18.4 Å². The second-order valence-corrected chi connectivity index (χ2v) is 7.96. The van der Waals surface area contributed by atoms with Gasteiger partial charge in [-0.3, -0.25) is 4.79 Å². The minimum atomic E-state index is -0.727. The Bertz CT molecular complexity index is 1200. The van der Waals surface area contributed by atoms with Gasteiger partial charge in [0.1, 0.15) is 37.5 Å². The minimum absolute atomic E-state index is 0.117. The van der Waals surface area contributed by atoms with E-state index in [0.29, 0.717) is 30.2 Å². The summed E-state index contributed by atoms with van der Waals surface area (Å²) < 4.78 is 11.7. The SMILES string of the molecule is [C-]#[N+]c1ccc(/C(COc2ccc(COc3ccc([C@H]4C[C@@H]4C(=O)O)cc3)cc2)=N\OC)cc1. The van der Waals surface area contributed by atoms with Crippen molar-refractivity contribution in [2.24, 2.45) is 11.1 Å². The number of hydrogen-bond donors (Lipinski definition) is 1. The van der Waals surface area contributed by atoms with Gasteiger partial charge in [-0.1, -0.05) is 53.7 Å². The van der Waals surface area contributed by atoms with Crippen molar-refractivity contribution in [2.45, 2.75) is 18.9 Å². The molecular weight excluding hydrogens is 432 g/mol. The zero-order chi connectivity index (χ0) is 23.9. The van der Waals surface area contributed by atoms with E-state index in [0.717, 1.165) is 22.4 Å². The van der Waals surface area contributed by atoms with E-state index in [1.165, 1.54) is 7.11 Å². The van der Waals surface area contributed by atoms with Crippen LogP contribution in [0.4, 0.5) is 5.69 Å². The molecule has 2 atom stereocenters. The van der Waals surface area contributed by atoms with Crippen LogP contribution in [-0.4, -0.2) is 30.5 Å². The number of ether oxygens (including phenoxy) is 2. The smallest absolute Gasteiger partial charge is 0.307 e. The number of carboxylic acid groups (broad SMARTS) is 1. The lowest BCUT2D eigenvalue weighted by Gasteiger charge is -2.10. The van der Waals surface area contributed by atoms with Crippen molar-refractivity contribution in [2.75, 3.05) is 13.7 Å². The number of carboxylic acids is 1. The lowest BCUT2D eigenvalue weighted by Crippen LogP contribution is -2.13. The summed E-state index contributed by atoms with van der Waals surface area (Å²) in [7, 11) is 1.48. The molecule has 0 saturated heterocycles. The van der Waals surface area contributed by atoms with Gasteiger partial charge in [0, 0.05) is 5.56 Å². The van der Waals surface area contributed by atoms with Crippen LogP contribution in [0.5, 0.6) is 11.5 Å². The first kappa shape index (κ1) is 22.9. The van der Waals surface area contributed by atoms with E-state index in [9.17, 15) is 4.79 Å². The molecule has 0 spiro atoms. The predicted octanol–water partition coefficient (Wildman–Crippen LogP) is 5.43. The van der Waals surface area contributed by atoms with E-state index in [1.807, 2.05) is 60.7 Å². The number of hydrogen-bond acceptors (Lipinski definition) is 5. The quantitative estimate of drug-likeness (QED) is 0.250. The first-order valence-corrected chi connectivity index (χ1v) is 10.8. The zero-order valence-electron chi connectivity index (χ0n) is 18.7. The average Bonchev–Trinajstić information content (AvgIpc) is 3.68. The van der Waals surface area contributed by atoms with Crippen molar-refractivity contribution in [3.8, 4) is 11.5 Å². The van der Waals surface area contributed by atoms with E-state index < -0.39 is 5.97 Å². The lowest BCUT2D eigenvalue weighted by atomic mass is 10.1. The highest BCUT2D eigenvalue weighted by Gasteiger charge is 2.44. The summed E-state index contributed by atoms with van der Waals surface area (Å²) in [4.78, 5) is 19.4. The Labute approximate surface area is 198 Å². The highest BCUT2D eigenvalue weighted by atomic mass is 16.6.